The fourth-order valence-electron chi connectivity index (χ4n) is 3.15. The third-order valence-electron chi connectivity index (χ3n) is 4.61. The lowest BCUT2D eigenvalue weighted by Crippen LogP contribution is -2.38. The molecule has 1 fully saturated rings. The highest BCUT2D eigenvalue weighted by Gasteiger charge is 2.26. The Morgan fingerprint density at radius 3 is 2.62 bits per heavy atom. The number of piperidine rings is 1. The van der Waals surface area contributed by atoms with E-state index in [1.807, 2.05) is 18.2 Å². The zero-order valence-electron chi connectivity index (χ0n) is 13.9. The van der Waals surface area contributed by atoms with Gasteiger partial charge in [-0.3, -0.25) is 4.79 Å². The van der Waals surface area contributed by atoms with Gasteiger partial charge in [-0.1, -0.05) is 23.5 Å². The lowest BCUT2D eigenvalue weighted by molar-refractivity contribution is -0.120. The van der Waals surface area contributed by atoms with Crippen LogP contribution in [0.25, 0.3) is 10.2 Å². The molecule has 134 valence electrons. The molecule has 3 aromatic rings. The molecule has 0 aliphatic carbocycles. The number of hydrogen-bond acceptors (Lipinski definition) is 4. The number of carbonyl (C=O) groups excluding carboxylic acids is 1. The molecule has 0 atom stereocenters. The van der Waals surface area contributed by atoms with Crippen LogP contribution >= 0.6 is 11.3 Å². The third-order valence-corrected chi connectivity index (χ3v) is 5.70. The molecule has 0 unspecified atom stereocenters. The Kier molecular flexibility index (Phi) is 4.55. The Morgan fingerprint density at radius 1 is 1.12 bits per heavy atom. The van der Waals surface area contributed by atoms with Crippen molar-refractivity contribution in [2.24, 2.45) is 5.92 Å². The van der Waals surface area contributed by atoms with Gasteiger partial charge in [0.1, 0.15) is 0 Å². The van der Waals surface area contributed by atoms with Crippen LogP contribution in [0.1, 0.15) is 12.8 Å². The molecule has 0 radical (unpaired) electrons. The van der Waals surface area contributed by atoms with Gasteiger partial charge in [-0.2, -0.15) is 0 Å². The number of nitrogens with one attached hydrogen (secondary N) is 1. The molecule has 7 heteroatoms. The normalized spacial score (nSPS) is 15.4. The van der Waals surface area contributed by atoms with Crippen molar-refractivity contribution in [1.82, 2.24) is 4.98 Å². The largest absolute Gasteiger partial charge is 0.348 e. The molecule has 2 heterocycles. The highest BCUT2D eigenvalue weighted by Crippen LogP contribution is 2.31. The van der Waals surface area contributed by atoms with Gasteiger partial charge in [0, 0.05) is 30.8 Å². The van der Waals surface area contributed by atoms with Crippen LogP contribution in [0.4, 0.5) is 19.6 Å². The third kappa shape index (κ3) is 3.39. The van der Waals surface area contributed by atoms with Gasteiger partial charge >= 0.3 is 0 Å². The average Bonchev–Trinajstić information content (AvgIpc) is 3.09. The first kappa shape index (κ1) is 16.9. The van der Waals surface area contributed by atoms with Crippen molar-refractivity contribution in [3.63, 3.8) is 0 Å². The van der Waals surface area contributed by atoms with E-state index in [2.05, 4.69) is 21.3 Å². The summed E-state index contributed by atoms with van der Waals surface area (Å²) in [6.07, 6.45) is 1.40. The highest BCUT2D eigenvalue weighted by molar-refractivity contribution is 7.22. The summed E-state index contributed by atoms with van der Waals surface area (Å²) < 4.78 is 27.4. The SMILES string of the molecule is O=C(Nc1ccc(F)c(F)c1)C1CCN(c2nc3ccccc3s2)CC1. The molecular weight excluding hydrogens is 356 g/mol. The maximum Gasteiger partial charge on any atom is 0.227 e. The number of hydrogen-bond donors (Lipinski definition) is 1. The zero-order chi connectivity index (χ0) is 18.1. The Labute approximate surface area is 153 Å². The van der Waals surface area contributed by atoms with E-state index >= 15 is 0 Å². The summed E-state index contributed by atoms with van der Waals surface area (Å²) in [5.41, 5.74) is 1.27. The molecule has 2 aromatic carbocycles. The Morgan fingerprint density at radius 2 is 1.88 bits per heavy atom. The number of fused-ring (bicyclic) bond motifs is 1. The Balaban J connectivity index is 1.38. The second-order valence-corrected chi connectivity index (χ2v) is 7.35. The summed E-state index contributed by atoms with van der Waals surface area (Å²) in [6.45, 7) is 1.49. The first-order valence-electron chi connectivity index (χ1n) is 8.46. The molecule has 0 saturated carbocycles. The maximum atomic E-state index is 13.3. The van der Waals surface area contributed by atoms with Crippen molar-refractivity contribution in [2.45, 2.75) is 12.8 Å². The Bertz CT molecular complexity index is 918. The van der Waals surface area contributed by atoms with E-state index in [0.717, 1.165) is 40.6 Å². The standard InChI is InChI=1S/C19H17F2N3OS/c20-14-6-5-13(11-15(14)21)22-18(25)12-7-9-24(10-8-12)19-23-16-3-1-2-4-17(16)26-19/h1-6,11-12H,7-10H2,(H,22,25). The number of benzene rings is 2. The zero-order valence-corrected chi connectivity index (χ0v) is 14.7. The van der Waals surface area contributed by atoms with Crippen molar-refractivity contribution in [3.8, 4) is 0 Å². The topological polar surface area (TPSA) is 45.2 Å². The quantitative estimate of drug-likeness (QED) is 0.739. The van der Waals surface area contributed by atoms with Crippen molar-refractivity contribution in [2.75, 3.05) is 23.3 Å². The second kappa shape index (κ2) is 6.99. The maximum absolute atomic E-state index is 13.3. The van der Waals surface area contributed by atoms with Gasteiger partial charge in [0.25, 0.3) is 0 Å². The van der Waals surface area contributed by atoms with Crippen LogP contribution in [-0.2, 0) is 4.79 Å². The van der Waals surface area contributed by atoms with E-state index in [1.165, 1.54) is 6.07 Å². The number of rotatable bonds is 3. The first-order chi connectivity index (χ1) is 12.6. The molecular formula is C19H17F2N3OS. The van der Waals surface area contributed by atoms with Gasteiger partial charge in [-0.25, -0.2) is 13.8 Å². The second-order valence-electron chi connectivity index (χ2n) is 6.34. The van der Waals surface area contributed by atoms with Crippen LogP contribution in [0.3, 0.4) is 0 Å². The van der Waals surface area contributed by atoms with E-state index < -0.39 is 11.6 Å². The molecule has 1 aliphatic rings. The summed E-state index contributed by atoms with van der Waals surface area (Å²) in [5.74, 6) is -2.19. The minimum Gasteiger partial charge on any atom is -0.348 e. The lowest BCUT2D eigenvalue weighted by Gasteiger charge is -2.31. The summed E-state index contributed by atoms with van der Waals surface area (Å²) in [6, 6.07) is 11.4. The predicted octanol–water partition coefficient (Wildman–Crippen LogP) is 4.43. The van der Waals surface area contributed by atoms with Crippen LogP contribution < -0.4 is 10.2 Å². The summed E-state index contributed by atoms with van der Waals surface area (Å²) in [5, 5.41) is 3.66. The van der Waals surface area contributed by atoms with Gasteiger partial charge in [0.15, 0.2) is 16.8 Å². The number of para-hydroxylation sites is 1. The number of thiazole rings is 1. The average molecular weight is 373 g/mol. The van der Waals surface area contributed by atoms with Gasteiger partial charge in [0.2, 0.25) is 5.91 Å². The molecule has 0 spiro atoms. The summed E-state index contributed by atoms with van der Waals surface area (Å²) in [7, 11) is 0. The lowest BCUT2D eigenvalue weighted by atomic mass is 9.96. The van der Waals surface area contributed by atoms with Gasteiger partial charge in [0.05, 0.1) is 10.2 Å². The van der Waals surface area contributed by atoms with E-state index in [-0.39, 0.29) is 17.5 Å². The fourth-order valence-corrected chi connectivity index (χ4v) is 4.16. The number of amides is 1. The van der Waals surface area contributed by atoms with Crippen molar-refractivity contribution in [1.29, 1.82) is 0 Å². The smallest absolute Gasteiger partial charge is 0.227 e. The Hall–Kier alpha value is -2.54. The van der Waals surface area contributed by atoms with Crippen molar-refractivity contribution < 1.29 is 13.6 Å². The van der Waals surface area contributed by atoms with E-state index in [0.29, 0.717) is 12.8 Å². The van der Waals surface area contributed by atoms with Crippen LogP contribution in [0, 0.1) is 17.6 Å². The van der Waals surface area contributed by atoms with Crippen molar-refractivity contribution >= 4 is 38.3 Å². The van der Waals surface area contributed by atoms with Crippen molar-refractivity contribution in [3.05, 3.63) is 54.1 Å². The number of aromatic nitrogens is 1. The van der Waals surface area contributed by atoms with Crippen LogP contribution in [0.15, 0.2) is 42.5 Å². The molecule has 1 amide bonds. The summed E-state index contributed by atoms with van der Waals surface area (Å²) in [4.78, 5) is 19.2. The van der Waals surface area contributed by atoms with Crippen LogP contribution in [0.5, 0.6) is 0 Å². The molecule has 4 nitrogen and oxygen atoms in total. The molecule has 1 aromatic heterocycles. The molecule has 4 rings (SSSR count). The van der Waals surface area contributed by atoms with Gasteiger partial charge in [-0.15, -0.1) is 0 Å². The molecule has 1 saturated heterocycles. The fraction of sp³-hybridized carbons (Fsp3) is 0.263. The monoisotopic (exact) mass is 373 g/mol. The van der Waals surface area contributed by atoms with E-state index in [1.54, 1.807) is 11.3 Å². The highest BCUT2D eigenvalue weighted by atomic mass is 32.1. The summed E-state index contributed by atoms with van der Waals surface area (Å²) >= 11 is 1.66. The number of anilines is 2. The van der Waals surface area contributed by atoms with E-state index in [9.17, 15) is 13.6 Å². The number of nitrogens with zero attached hydrogens (tertiary/aromatic N) is 2. The minimum absolute atomic E-state index is 0.145. The minimum atomic E-state index is -0.964. The number of carbonyl (C=O) groups is 1. The molecule has 1 aliphatic heterocycles. The van der Waals surface area contributed by atoms with Gasteiger partial charge < -0.3 is 10.2 Å². The van der Waals surface area contributed by atoms with E-state index in [4.69, 9.17) is 0 Å². The van der Waals surface area contributed by atoms with Crippen LogP contribution in [0.2, 0.25) is 0 Å². The van der Waals surface area contributed by atoms with Crippen LogP contribution in [-0.4, -0.2) is 24.0 Å². The predicted molar refractivity (Wildman–Crippen MR) is 99.5 cm³/mol. The molecule has 0 bridgehead atoms. The number of halogens is 2. The first-order valence-corrected chi connectivity index (χ1v) is 9.28. The molecule has 1 N–H and O–H groups in total. The van der Waals surface area contributed by atoms with Gasteiger partial charge in [-0.05, 0) is 37.1 Å². The molecule has 26 heavy (non-hydrogen) atoms.